The molecule has 7 heteroatoms. The number of ether oxygens (including phenoxy) is 1. The average molecular weight is 336 g/mol. The van der Waals surface area contributed by atoms with E-state index in [0.29, 0.717) is 32.5 Å². The highest BCUT2D eigenvalue weighted by molar-refractivity contribution is 5.76. The van der Waals surface area contributed by atoms with Crippen LogP contribution in [0.5, 0.6) is 0 Å². The van der Waals surface area contributed by atoms with Crippen LogP contribution in [-0.4, -0.2) is 55.9 Å². The van der Waals surface area contributed by atoms with Gasteiger partial charge in [0.05, 0.1) is 18.9 Å². The molecule has 1 amide bonds. The number of nitrogens with zero attached hydrogens (tertiary/aromatic N) is 1. The summed E-state index contributed by atoms with van der Waals surface area (Å²) in [5.41, 5.74) is 0. The zero-order chi connectivity index (χ0) is 16.9. The molecule has 134 valence electrons. The van der Waals surface area contributed by atoms with Gasteiger partial charge in [-0.2, -0.15) is 13.2 Å². The highest BCUT2D eigenvalue weighted by Gasteiger charge is 2.42. The Morgan fingerprint density at radius 1 is 1.17 bits per heavy atom. The third-order valence-corrected chi connectivity index (χ3v) is 4.98. The molecule has 2 atom stereocenters. The van der Waals surface area contributed by atoms with E-state index in [-0.39, 0.29) is 30.8 Å². The Kier molecular flexibility index (Phi) is 6.71. The van der Waals surface area contributed by atoms with E-state index in [9.17, 15) is 18.0 Å². The van der Waals surface area contributed by atoms with E-state index >= 15 is 0 Å². The van der Waals surface area contributed by atoms with Crippen LogP contribution in [-0.2, 0) is 9.53 Å². The van der Waals surface area contributed by atoms with Gasteiger partial charge in [0, 0.05) is 32.3 Å². The average Bonchev–Trinajstić information content (AvgIpc) is 2.53. The number of hydrogen-bond donors (Lipinski definition) is 1. The molecule has 23 heavy (non-hydrogen) atoms. The predicted octanol–water partition coefficient (Wildman–Crippen LogP) is 2.72. The van der Waals surface area contributed by atoms with Crippen LogP contribution in [0.2, 0.25) is 0 Å². The van der Waals surface area contributed by atoms with E-state index < -0.39 is 12.1 Å². The lowest BCUT2D eigenvalue weighted by Gasteiger charge is -2.37. The molecule has 0 bridgehead atoms. The number of methoxy groups -OCH3 is 1. The second kappa shape index (κ2) is 8.33. The minimum Gasteiger partial charge on any atom is -0.384 e. The molecule has 0 radical (unpaired) electrons. The van der Waals surface area contributed by atoms with Crippen LogP contribution in [0, 0.1) is 5.92 Å². The molecule has 1 saturated carbocycles. The summed E-state index contributed by atoms with van der Waals surface area (Å²) in [4.78, 5) is 13.7. The Hall–Kier alpha value is -0.820. The van der Waals surface area contributed by atoms with Crippen molar-refractivity contribution < 1.29 is 22.7 Å². The minimum atomic E-state index is -4.07. The number of carbonyl (C=O) groups excluding carboxylic acids is 1. The summed E-state index contributed by atoms with van der Waals surface area (Å²) in [6, 6.07) is 0.176. The number of halogens is 3. The number of alkyl halides is 3. The Bertz CT molecular complexity index is 382. The van der Waals surface area contributed by atoms with Gasteiger partial charge in [0.2, 0.25) is 5.91 Å². The van der Waals surface area contributed by atoms with Gasteiger partial charge in [0.15, 0.2) is 0 Å². The number of nitrogens with one attached hydrogen (secondary N) is 1. The number of piperidine rings is 1. The van der Waals surface area contributed by atoms with Crippen molar-refractivity contribution in [2.45, 2.75) is 63.2 Å². The summed E-state index contributed by atoms with van der Waals surface area (Å²) in [5.74, 6) is -1.07. The van der Waals surface area contributed by atoms with E-state index in [4.69, 9.17) is 4.74 Å². The lowest BCUT2D eigenvalue weighted by Crippen LogP contribution is -2.49. The van der Waals surface area contributed by atoms with Gasteiger partial charge in [0.25, 0.3) is 0 Å². The molecule has 2 rings (SSSR count). The van der Waals surface area contributed by atoms with E-state index in [1.54, 1.807) is 7.11 Å². The maximum absolute atomic E-state index is 12.9. The maximum Gasteiger partial charge on any atom is 0.391 e. The highest BCUT2D eigenvalue weighted by atomic mass is 19.4. The Labute approximate surface area is 135 Å². The van der Waals surface area contributed by atoms with Crippen LogP contribution in [0.15, 0.2) is 0 Å². The molecule has 0 aromatic rings. The normalized spacial score (nSPS) is 27.2. The molecule has 0 aromatic heterocycles. The third kappa shape index (κ3) is 5.64. The van der Waals surface area contributed by atoms with Crippen LogP contribution in [0.4, 0.5) is 13.2 Å². The predicted molar refractivity (Wildman–Crippen MR) is 81.0 cm³/mol. The number of rotatable bonds is 5. The summed E-state index contributed by atoms with van der Waals surface area (Å²) in [7, 11) is 1.57. The molecular weight excluding hydrogens is 309 g/mol. The number of amides is 1. The maximum atomic E-state index is 12.9. The van der Waals surface area contributed by atoms with Gasteiger partial charge in [0.1, 0.15) is 0 Å². The highest BCUT2D eigenvalue weighted by Crippen LogP contribution is 2.37. The van der Waals surface area contributed by atoms with Crippen molar-refractivity contribution in [2.24, 2.45) is 5.92 Å². The van der Waals surface area contributed by atoms with Crippen molar-refractivity contribution in [1.82, 2.24) is 10.2 Å². The number of hydrogen-bond acceptors (Lipinski definition) is 3. The zero-order valence-electron chi connectivity index (χ0n) is 13.7. The quantitative estimate of drug-likeness (QED) is 0.839. The van der Waals surface area contributed by atoms with Crippen LogP contribution < -0.4 is 5.32 Å². The molecule has 1 aliphatic carbocycles. The van der Waals surface area contributed by atoms with Gasteiger partial charge in [-0.3, -0.25) is 4.79 Å². The summed E-state index contributed by atoms with van der Waals surface area (Å²) in [5, 5.41) is 3.40. The first kappa shape index (κ1) is 18.5. The summed E-state index contributed by atoms with van der Waals surface area (Å²) < 4.78 is 43.5. The van der Waals surface area contributed by atoms with Crippen LogP contribution in [0.25, 0.3) is 0 Å². The largest absolute Gasteiger partial charge is 0.391 e. The Morgan fingerprint density at radius 3 is 2.48 bits per heavy atom. The molecule has 0 aromatic carbocycles. The van der Waals surface area contributed by atoms with Crippen molar-refractivity contribution in [3.05, 3.63) is 0 Å². The van der Waals surface area contributed by atoms with E-state index in [1.807, 2.05) is 4.90 Å². The molecular formula is C16H27F3N2O2. The molecule has 4 nitrogen and oxygen atoms in total. The summed E-state index contributed by atoms with van der Waals surface area (Å²) in [6.45, 7) is 1.78. The van der Waals surface area contributed by atoms with Crippen molar-refractivity contribution in [2.75, 3.05) is 26.8 Å². The molecule has 1 heterocycles. The van der Waals surface area contributed by atoms with Crippen molar-refractivity contribution in [3.8, 4) is 0 Å². The Morgan fingerprint density at radius 2 is 1.87 bits per heavy atom. The minimum absolute atomic E-state index is 0.0453. The molecule has 1 saturated heterocycles. The van der Waals surface area contributed by atoms with Crippen LogP contribution in [0.1, 0.15) is 44.9 Å². The molecule has 1 aliphatic heterocycles. The summed E-state index contributed by atoms with van der Waals surface area (Å²) >= 11 is 0. The fraction of sp³-hybridized carbons (Fsp3) is 0.938. The van der Waals surface area contributed by atoms with Crippen molar-refractivity contribution in [1.29, 1.82) is 0 Å². The monoisotopic (exact) mass is 336 g/mol. The fourth-order valence-corrected chi connectivity index (χ4v) is 3.61. The van der Waals surface area contributed by atoms with Gasteiger partial charge >= 0.3 is 6.18 Å². The SMILES string of the molecule is COCCC(=O)N1CCC(N[C@@H]2CCC[C@H](C(F)(F)F)C2)CC1. The van der Waals surface area contributed by atoms with Crippen molar-refractivity contribution >= 4 is 5.91 Å². The standard InChI is InChI=1S/C16H27F3N2O2/c1-23-10-7-15(22)21-8-5-13(6-9-21)20-14-4-2-3-12(11-14)16(17,18)19/h12-14,20H,2-11H2,1H3/t12-,14+/m0/s1. The molecule has 0 unspecified atom stereocenters. The zero-order valence-corrected chi connectivity index (χ0v) is 13.7. The first-order valence-corrected chi connectivity index (χ1v) is 8.49. The van der Waals surface area contributed by atoms with Gasteiger partial charge < -0.3 is 15.0 Å². The number of likely N-dealkylation sites (tertiary alicyclic amines) is 1. The van der Waals surface area contributed by atoms with E-state index in [0.717, 1.165) is 19.3 Å². The van der Waals surface area contributed by atoms with E-state index in [2.05, 4.69) is 5.32 Å². The smallest absolute Gasteiger partial charge is 0.384 e. The molecule has 0 spiro atoms. The first-order chi connectivity index (χ1) is 10.9. The lowest BCUT2D eigenvalue weighted by atomic mass is 9.84. The molecule has 1 N–H and O–H groups in total. The van der Waals surface area contributed by atoms with Gasteiger partial charge in [-0.1, -0.05) is 6.42 Å². The topological polar surface area (TPSA) is 41.6 Å². The van der Waals surface area contributed by atoms with E-state index in [1.165, 1.54) is 0 Å². The van der Waals surface area contributed by atoms with Crippen molar-refractivity contribution in [3.63, 3.8) is 0 Å². The van der Waals surface area contributed by atoms with Gasteiger partial charge in [-0.25, -0.2) is 0 Å². The fourth-order valence-electron chi connectivity index (χ4n) is 3.61. The molecule has 2 aliphatic rings. The first-order valence-electron chi connectivity index (χ1n) is 8.49. The van der Waals surface area contributed by atoms with Crippen LogP contribution in [0.3, 0.4) is 0 Å². The van der Waals surface area contributed by atoms with Gasteiger partial charge in [-0.05, 0) is 32.1 Å². The van der Waals surface area contributed by atoms with Crippen LogP contribution >= 0.6 is 0 Å². The molecule has 2 fully saturated rings. The second-order valence-corrected chi connectivity index (χ2v) is 6.67. The Balaban J connectivity index is 1.73. The van der Waals surface area contributed by atoms with Gasteiger partial charge in [-0.15, -0.1) is 0 Å². The third-order valence-electron chi connectivity index (χ3n) is 4.98. The second-order valence-electron chi connectivity index (χ2n) is 6.67. The lowest BCUT2D eigenvalue weighted by molar-refractivity contribution is -0.184. The summed E-state index contributed by atoms with van der Waals surface area (Å²) in [6.07, 6.45) is -0.153. The number of carbonyl (C=O) groups is 1.